The van der Waals surface area contributed by atoms with E-state index in [0.717, 1.165) is 24.2 Å². The number of hydrogen-bond donors (Lipinski definition) is 1. The van der Waals surface area contributed by atoms with E-state index in [1.807, 2.05) is 4.57 Å². The van der Waals surface area contributed by atoms with Crippen LogP contribution in [0.25, 0.3) is 0 Å². The van der Waals surface area contributed by atoms with E-state index in [-0.39, 0.29) is 12.4 Å². The molecule has 1 aliphatic rings. The predicted molar refractivity (Wildman–Crippen MR) is 82.2 cm³/mol. The number of benzene rings is 1. The highest BCUT2D eigenvalue weighted by Gasteiger charge is 2.21. The monoisotopic (exact) mass is 339 g/mol. The Labute approximate surface area is 134 Å². The lowest BCUT2D eigenvalue weighted by Gasteiger charge is -2.27. The van der Waals surface area contributed by atoms with Gasteiger partial charge >= 0.3 is 0 Å². The summed E-state index contributed by atoms with van der Waals surface area (Å²) in [5.74, 6) is 1.19. The maximum absolute atomic E-state index is 12.9. The summed E-state index contributed by atoms with van der Waals surface area (Å²) in [5.41, 5.74) is 1.04. The molecule has 2 heterocycles. The molecule has 0 radical (unpaired) electrons. The Bertz CT molecular complexity index is 788. The first kappa shape index (κ1) is 16.0. The second-order valence-corrected chi connectivity index (χ2v) is 7.45. The van der Waals surface area contributed by atoms with Crippen molar-refractivity contribution in [3.05, 3.63) is 47.3 Å². The summed E-state index contributed by atoms with van der Waals surface area (Å²) in [5, 5.41) is 8.20. The highest BCUT2D eigenvalue weighted by atomic mass is 32.2. The molecule has 1 N–H and O–H groups in total. The van der Waals surface area contributed by atoms with Crippen LogP contribution < -0.4 is 4.72 Å². The van der Waals surface area contributed by atoms with Crippen LogP contribution in [0, 0.1) is 5.82 Å². The largest absolute Gasteiger partial charge is 0.311 e. The molecule has 0 atom stereocenters. The Morgan fingerprint density at radius 1 is 1.22 bits per heavy atom. The zero-order valence-electron chi connectivity index (χ0n) is 12.7. The predicted octanol–water partition coefficient (Wildman–Crippen LogP) is 0.482. The zero-order chi connectivity index (χ0) is 16.4. The molecular formula is C14H18FN5O2S. The molecular weight excluding hydrogens is 321 g/mol. The van der Waals surface area contributed by atoms with E-state index in [1.54, 1.807) is 12.1 Å². The maximum Gasteiger partial charge on any atom is 0.209 e. The minimum absolute atomic E-state index is 0.143. The van der Waals surface area contributed by atoms with Crippen LogP contribution in [0.15, 0.2) is 24.3 Å². The first-order valence-electron chi connectivity index (χ1n) is 7.23. The van der Waals surface area contributed by atoms with Crippen molar-refractivity contribution in [2.24, 2.45) is 0 Å². The molecule has 0 saturated carbocycles. The smallest absolute Gasteiger partial charge is 0.209 e. The third kappa shape index (κ3) is 4.12. The number of fused-ring (bicyclic) bond motifs is 1. The van der Waals surface area contributed by atoms with Gasteiger partial charge in [-0.05, 0) is 17.7 Å². The molecule has 7 nitrogen and oxygen atoms in total. The summed E-state index contributed by atoms with van der Waals surface area (Å²) in [4.78, 5) is 2.20. The molecule has 23 heavy (non-hydrogen) atoms. The van der Waals surface area contributed by atoms with Gasteiger partial charge in [-0.1, -0.05) is 12.1 Å². The second-order valence-electron chi connectivity index (χ2n) is 5.61. The van der Waals surface area contributed by atoms with Crippen molar-refractivity contribution in [3.8, 4) is 0 Å². The lowest BCUT2D eigenvalue weighted by molar-refractivity contribution is 0.207. The molecule has 9 heteroatoms. The van der Waals surface area contributed by atoms with Gasteiger partial charge in [-0.25, -0.2) is 17.5 Å². The van der Waals surface area contributed by atoms with Gasteiger partial charge in [0.2, 0.25) is 10.0 Å². The molecule has 3 rings (SSSR count). The number of hydrogen-bond acceptors (Lipinski definition) is 5. The first-order chi connectivity index (χ1) is 10.9. The van der Waals surface area contributed by atoms with Crippen molar-refractivity contribution in [1.29, 1.82) is 0 Å². The van der Waals surface area contributed by atoms with Crippen molar-refractivity contribution in [2.75, 3.05) is 12.8 Å². The normalized spacial score (nSPS) is 15.6. The zero-order valence-corrected chi connectivity index (χ0v) is 13.6. The van der Waals surface area contributed by atoms with E-state index < -0.39 is 10.0 Å². The molecule has 0 saturated heterocycles. The van der Waals surface area contributed by atoms with Gasteiger partial charge in [0.15, 0.2) is 0 Å². The number of sulfonamides is 1. The Morgan fingerprint density at radius 2 is 1.96 bits per heavy atom. The van der Waals surface area contributed by atoms with Crippen LogP contribution in [0.3, 0.4) is 0 Å². The van der Waals surface area contributed by atoms with E-state index in [9.17, 15) is 12.8 Å². The number of aromatic nitrogens is 3. The van der Waals surface area contributed by atoms with Gasteiger partial charge in [0.25, 0.3) is 0 Å². The van der Waals surface area contributed by atoms with Gasteiger partial charge < -0.3 is 4.57 Å². The summed E-state index contributed by atoms with van der Waals surface area (Å²) >= 11 is 0. The fourth-order valence-electron chi connectivity index (χ4n) is 2.58. The molecule has 0 spiro atoms. The molecule has 0 fully saturated rings. The van der Waals surface area contributed by atoms with E-state index in [1.165, 1.54) is 12.1 Å². The summed E-state index contributed by atoms with van der Waals surface area (Å²) in [7, 11) is -3.25. The van der Waals surface area contributed by atoms with Crippen molar-refractivity contribution in [1.82, 2.24) is 24.4 Å². The quantitative estimate of drug-likeness (QED) is 0.857. The summed E-state index contributed by atoms with van der Waals surface area (Å²) in [6, 6.07) is 6.46. The molecule has 1 aromatic carbocycles. The van der Waals surface area contributed by atoms with E-state index in [0.29, 0.717) is 25.5 Å². The van der Waals surface area contributed by atoms with Crippen LogP contribution in [0.5, 0.6) is 0 Å². The molecule has 124 valence electrons. The minimum Gasteiger partial charge on any atom is -0.311 e. The molecule has 0 aliphatic carbocycles. The van der Waals surface area contributed by atoms with Gasteiger partial charge in [0.05, 0.1) is 19.3 Å². The van der Waals surface area contributed by atoms with Crippen molar-refractivity contribution in [3.63, 3.8) is 0 Å². The highest BCUT2D eigenvalue weighted by molar-refractivity contribution is 7.88. The Hall–Kier alpha value is -1.84. The topological polar surface area (TPSA) is 80.1 Å². The maximum atomic E-state index is 12.9. The highest BCUT2D eigenvalue weighted by Crippen LogP contribution is 2.15. The molecule has 1 aromatic heterocycles. The van der Waals surface area contributed by atoms with Crippen LogP contribution in [0.1, 0.15) is 17.2 Å². The van der Waals surface area contributed by atoms with Crippen LogP contribution in [0.2, 0.25) is 0 Å². The van der Waals surface area contributed by atoms with Crippen LogP contribution >= 0.6 is 0 Å². The van der Waals surface area contributed by atoms with Crippen molar-refractivity contribution in [2.45, 2.75) is 26.2 Å². The summed E-state index contributed by atoms with van der Waals surface area (Å²) < 4.78 is 39.7. The van der Waals surface area contributed by atoms with Crippen LogP contribution in [0.4, 0.5) is 4.39 Å². The van der Waals surface area contributed by atoms with Gasteiger partial charge in [0.1, 0.15) is 17.5 Å². The van der Waals surface area contributed by atoms with Gasteiger partial charge in [0, 0.05) is 19.6 Å². The molecule has 0 unspecified atom stereocenters. The molecule has 0 bridgehead atoms. The average molecular weight is 339 g/mol. The standard InChI is InChI=1S/C14H18FN5O2S/c1-23(21,22)16-8-13-17-18-14-10-19(6-7-20(13)14)9-11-2-4-12(15)5-3-11/h2-5,16H,6-10H2,1H3. The number of nitrogens with one attached hydrogen (secondary N) is 1. The number of halogens is 1. The van der Waals surface area contributed by atoms with Crippen LogP contribution in [-0.4, -0.2) is 40.9 Å². The number of nitrogens with zero attached hydrogens (tertiary/aromatic N) is 4. The SMILES string of the molecule is CS(=O)(=O)NCc1nnc2n1CCN(Cc1ccc(F)cc1)C2. The molecule has 2 aromatic rings. The fourth-order valence-corrected chi connectivity index (χ4v) is 2.97. The van der Waals surface area contributed by atoms with Gasteiger partial charge in [-0.2, -0.15) is 0 Å². The van der Waals surface area contributed by atoms with Crippen molar-refractivity contribution >= 4 is 10.0 Å². The third-order valence-electron chi connectivity index (χ3n) is 3.72. The Morgan fingerprint density at radius 3 is 2.65 bits per heavy atom. The second kappa shape index (κ2) is 6.34. The first-order valence-corrected chi connectivity index (χ1v) is 9.12. The lowest BCUT2D eigenvalue weighted by Crippen LogP contribution is -2.34. The minimum atomic E-state index is -3.25. The van der Waals surface area contributed by atoms with E-state index >= 15 is 0 Å². The number of rotatable bonds is 5. The molecule has 1 aliphatic heterocycles. The van der Waals surface area contributed by atoms with E-state index in [2.05, 4.69) is 19.8 Å². The Kier molecular flexibility index (Phi) is 4.42. The average Bonchev–Trinajstić information content (AvgIpc) is 2.89. The van der Waals surface area contributed by atoms with Crippen LogP contribution in [-0.2, 0) is 36.2 Å². The summed E-state index contributed by atoms with van der Waals surface area (Å²) in [6.07, 6.45) is 1.12. The molecule has 0 amide bonds. The van der Waals surface area contributed by atoms with Gasteiger partial charge in [-0.15, -0.1) is 10.2 Å². The van der Waals surface area contributed by atoms with E-state index in [4.69, 9.17) is 0 Å². The van der Waals surface area contributed by atoms with Gasteiger partial charge in [-0.3, -0.25) is 4.90 Å². The Balaban J connectivity index is 1.65. The fraction of sp³-hybridized carbons (Fsp3) is 0.429. The third-order valence-corrected chi connectivity index (χ3v) is 4.39. The summed E-state index contributed by atoms with van der Waals surface area (Å²) in [6.45, 7) is 2.98. The van der Waals surface area contributed by atoms with Crippen molar-refractivity contribution < 1.29 is 12.8 Å². The lowest BCUT2D eigenvalue weighted by atomic mass is 10.2.